The second-order valence-electron chi connectivity index (χ2n) is 3.92. The zero-order valence-electron chi connectivity index (χ0n) is 9.96. The molecule has 0 atom stereocenters. The maximum Gasteiger partial charge on any atom is 0.416 e. The van der Waals surface area contributed by atoms with Gasteiger partial charge in [-0.2, -0.15) is 18.4 Å². The molecule has 2 rings (SSSR count). The van der Waals surface area contributed by atoms with Gasteiger partial charge in [-0.3, -0.25) is 0 Å². The molecular formula is C13H8BrF3N2S. The Kier molecular flexibility index (Phi) is 4.35. The van der Waals surface area contributed by atoms with Crippen LogP contribution in [0.25, 0.3) is 0 Å². The van der Waals surface area contributed by atoms with E-state index in [4.69, 9.17) is 5.26 Å². The van der Waals surface area contributed by atoms with Gasteiger partial charge < -0.3 is 5.32 Å². The predicted molar refractivity (Wildman–Crippen MR) is 75.5 cm³/mol. The van der Waals surface area contributed by atoms with Gasteiger partial charge in [-0.05, 0) is 45.6 Å². The Bertz CT molecular complexity index is 658. The van der Waals surface area contributed by atoms with Crippen LogP contribution in [0, 0.1) is 11.3 Å². The van der Waals surface area contributed by atoms with Gasteiger partial charge in [0.05, 0.1) is 23.4 Å². The van der Waals surface area contributed by atoms with Gasteiger partial charge in [0.25, 0.3) is 0 Å². The molecule has 0 unspecified atom stereocenters. The summed E-state index contributed by atoms with van der Waals surface area (Å²) in [6.45, 7) is 0.443. The van der Waals surface area contributed by atoms with Crippen LogP contribution in [0.1, 0.15) is 16.0 Å². The van der Waals surface area contributed by atoms with Gasteiger partial charge in [0.15, 0.2) is 0 Å². The Hall–Kier alpha value is -1.52. The van der Waals surface area contributed by atoms with E-state index in [2.05, 4.69) is 21.2 Å². The number of rotatable bonds is 3. The number of nitrogens with zero attached hydrogens (tertiary/aromatic N) is 1. The number of halogens is 4. The van der Waals surface area contributed by atoms with E-state index in [-0.39, 0.29) is 5.56 Å². The molecule has 0 fully saturated rings. The van der Waals surface area contributed by atoms with E-state index in [1.807, 2.05) is 11.4 Å². The maximum atomic E-state index is 12.6. The van der Waals surface area contributed by atoms with Crippen molar-refractivity contribution in [3.05, 3.63) is 50.1 Å². The van der Waals surface area contributed by atoms with Crippen LogP contribution in [0.5, 0.6) is 0 Å². The summed E-state index contributed by atoms with van der Waals surface area (Å²) in [6, 6.07) is 6.77. The normalized spacial score (nSPS) is 11.2. The van der Waals surface area contributed by atoms with Crippen molar-refractivity contribution in [3.8, 4) is 6.07 Å². The highest BCUT2D eigenvalue weighted by molar-refractivity contribution is 9.10. The minimum Gasteiger partial charge on any atom is -0.379 e. The highest BCUT2D eigenvalue weighted by atomic mass is 79.9. The summed E-state index contributed by atoms with van der Waals surface area (Å²) in [4.78, 5) is 1.01. The van der Waals surface area contributed by atoms with Gasteiger partial charge in [0.2, 0.25) is 0 Å². The third kappa shape index (κ3) is 3.32. The number of thiophene rings is 1. The highest BCUT2D eigenvalue weighted by Crippen LogP contribution is 2.32. The van der Waals surface area contributed by atoms with Crippen molar-refractivity contribution in [3.63, 3.8) is 0 Å². The molecule has 2 aromatic rings. The molecule has 2 nitrogen and oxygen atoms in total. The van der Waals surface area contributed by atoms with Crippen LogP contribution in [-0.2, 0) is 12.7 Å². The van der Waals surface area contributed by atoms with Gasteiger partial charge in [-0.25, -0.2) is 0 Å². The van der Waals surface area contributed by atoms with Crippen molar-refractivity contribution >= 4 is 33.0 Å². The van der Waals surface area contributed by atoms with Crippen LogP contribution in [0.2, 0.25) is 0 Å². The standard InChI is InChI=1S/C13H8BrF3N2S/c14-10-3-4-20-12(10)7-19-11-2-1-9(13(15,16)17)5-8(11)6-18/h1-5,19H,7H2. The lowest BCUT2D eigenvalue weighted by atomic mass is 10.1. The molecule has 1 N–H and O–H groups in total. The molecule has 0 aliphatic rings. The second-order valence-corrected chi connectivity index (χ2v) is 5.77. The number of benzene rings is 1. The number of nitriles is 1. The average molecular weight is 361 g/mol. The van der Waals surface area contributed by atoms with Crippen LogP contribution in [0.15, 0.2) is 34.1 Å². The molecule has 1 aromatic heterocycles. The molecule has 0 aliphatic heterocycles. The van der Waals surface area contributed by atoms with Gasteiger partial charge in [-0.15, -0.1) is 11.3 Å². The van der Waals surface area contributed by atoms with Crippen molar-refractivity contribution in [1.82, 2.24) is 0 Å². The van der Waals surface area contributed by atoms with Gasteiger partial charge in [0, 0.05) is 9.35 Å². The molecule has 0 saturated carbocycles. The first-order valence-corrected chi connectivity index (χ1v) is 7.16. The van der Waals surface area contributed by atoms with Crippen molar-refractivity contribution in [2.24, 2.45) is 0 Å². The molecule has 1 heterocycles. The van der Waals surface area contributed by atoms with Crippen molar-refractivity contribution in [2.45, 2.75) is 12.7 Å². The molecule has 0 radical (unpaired) electrons. The fraction of sp³-hybridized carbons (Fsp3) is 0.154. The Labute approximate surface area is 126 Å². The van der Waals surface area contributed by atoms with Crippen molar-refractivity contribution < 1.29 is 13.2 Å². The lowest BCUT2D eigenvalue weighted by molar-refractivity contribution is -0.137. The van der Waals surface area contributed by atoms with Gasteiger partial charge in [0.1, 0.15) is 6.07 Å². The highest BCUT2D eigenvalue weighted by Gasteiger charge is 2.31. The van der Waals surface area contributed by atoms with E-state index in [0.717, 1.165) is 21.5 Å². The monoisotopic (exact) mass is 360 g/mol. The van der Waals surface area contributed by atoms with Crippen LogP contribution < -0.4 is 5.32 Å². The largest absolute Gasteiger partial charge is 0.416 e. The van der Waals surface area contributed by atoms with Crippen molar-refractivity contribution in [2.75, 3.05) is 5.32 Å². The molecular weight excluding hydrogens is 353 g/mol. The maximum absolute atomic E-state index is 12.6. The zero-order chi connectivity index (χ0) is 14.8. The lowest BCUT2D eigenvalue weighted by Crippen LogP contribution is -2.07. The van der Waals surface area contributed by atoms with Crippen LogP contribution in [-0.4, -0.2) is 0 Å². The first-order chi connectivity index (χ1) is 9.41. The lowest BCUT2D eigenvalue weighted by Gasteiger charge is -2.11. The third-order valence-electron chi connectivity index (χ3n) is 2.60. The number of nitrogens with one attached hydrogen (secondary N) is 1. The van der Waals surface area contributed by atoms with E-state index < -0.39 is 11.7 Å². The topological polar surface area (TPSA) is 35.8 Å². The summed E-state index contributed by atoms with van der Waals surface area (Å²) >= 11 is 4.89. The Balaban J connectivity index is 2.21. The third-order valence-corrected chi connectivity index (χ3v) is 4.52. The first-order valence-electron chi connectivity index (χ1n) is 5.49. The average Bonchev–Trinajstić information content (AvgIpc) is 2.80. The zero-order valence-corrected chi connectivity index (χ0v) is 12.4. The van der Waals surface area contributed by atoms with Crippen molar-refractivity contribution in [1.29, 1.82) is 5.26 Å². The number of hydrogen-bond donors (Lipinski definition) is 1. The van der Waals surface area contributed by atoms with E-state index in [1.54, 1.807) is 6.07 Å². The Morgan fingerprint density at radius 3 is 2.60 bits per heavy atom. The number of hydrogen-bond acceptors (Lipinski definition) is 3. The Morgan fingerprint density at radius 2 is 2.05 bits per heavy atom. The van der Waals surface area contributed by atoms with E-state index in [1.165, 1.54) is 17.4 Å². The van der Waals surface area contributed by atoms with E-state index in [9.17, 15) is 13.2 Å². The van der Waals surface area contributed by atoms with Crippen LogP contribution in [0.4, 0.5) is 18.9 Å². The molecule has 0 aliphatic carbocycles. The minimum atomic E-state index is -4.44. The summed E-state index contributed by atoms with van der Waals surface area (Å²) in [7, 11) is 0. The summed E-state index contributed by atoms with van der Waals surface area (Å²) in [5, 5.41) is 13.8. The SMILES string of the molecule is N#Cc1cc(C(F)(F)F)ccc1NCc1sccc1Br. The molecule has 20 heavy (non-hydrogen) atoms. The van der Waals surface area contributed by atoms with Gasteiger partial charge >= 0.3 is 6.18 Å². The fourth-order valence-corrected chi connectivity index (χ4v) is 3.03. The molecule has 1 aromatic carbocycles. The molecule has 0 saturated heterocycles. The van der Waals surface area contributed by atoms with Crippen LogP contribution in [0.3, 0.4) is 0 Å². The molecule has 7 heteroatoms. The summed E-state index contributed by atoms with van der Waals surface area (Å²) in [6.07, 6.45) is -4.44. The molecule has 104 valence electrons. The predicted octanol–water partition coefficient (Wildman–Crippen LogP) is 5.01. The quantitative estimate of drug-likeness (QED) is 0.834. The molecule has 0 bridgehead atoms. The molecule has 0 amide bonds. The summed E-state index contributed by atoms with van der Waals surface area (Å²) < 4.78 is 38.6. The Morgan fingerprint density at radius 1 is 1.30 bits per heavy atom. The summed E-state index contributed by atoms with van der Waals surface area (Å²) in [5.74, 6) is 0. The summed E-state index contributed by atoms with van der Waals surface area (Å²) in [5.41, 5.74) is -0.454. The fourth-order valence-electron chi connectivity index (χ4n) is 1.59. The van der Waals surface area contributed by atoms with Gasteiger partial charge in [-0.1, -0.05) is 0 Å². The minimum absolute atomic E-state index is 0.0208. The second kappa shape index (κ2) is 5.85. The number of anilines is 1. The smallest absolute Gasteiger partial charge is 0.379 e. The van der Waals surface area contributed by atoms with Crippen LogP contribution >= 0.6 is 27.3 Å². The van der Waals surface area contributed by atoms with E-state index in [0.29, 0.717) is 12.2 Å². The number of alkyl halides is 3. The molecule has 0 spiro atoms. The first kappa shape index (κ1) is 14.9. The van der Waals surface area contributed by atoms with E-state index >= 15 is 0 Å².